The molecule has 1 aromatic carbocycles. The lowest BCUT2D eigenvalue weighted by atomic mass is 9.62. The Labute approximate surface area is 350 Å². The summed E-state index contributed by atoms with van der Waals surface area (Å²) >= 11 is 0. The number of fused-ring (bicyclic) bond motifs is 4. The molecule has 334 valence electrons. The van der Waals surface area contributed by atoms with Crippen LogP contribution in [0, 0.1) is 5.41 Å². The topological polar surface area (TPSA) is 226 Å². The maximum atomic E-state index is 15.3. The van der Waals surface area contributed by atoms with Crippen molar-refractivity contribution in [2.45, 2.75) is 164 Å². The first-order chi connectivity index (χ1) is 29.0. The highest BCUT2D eigenvalue weighted by atomic mass is 16.8. The first-order valence-corrected chi connectivity index (χ1v) is 21.9. The van der Waals surface area contributed by atoms with E-state index in [1.807, 2.05) is 24.3 Å². The Morgan fingerprint density at radius 2 is 1.68 bits per heavy atom. The quantitative estimate of drug-likeness (QED) is 0.0846. The van der Waals surface area contributed by atoms with Crippen molar-refractivity contribution in [1.29, 1.82) is 0 Å². The van der Waals surface area contributed by atoms with Gasteiger partial charge in [0.05, 0.1) is 26.4 Å². The lowest BCUT2D eigenvalue weighted by molar-refractivity contribution is -0.298. The lowest BCUT2D eigenvalue weighted by Gasteiger charge is -2.50. The highest BCUT2D eigenvalue weighted by Gasteiger charge is 2.77. The number of amides is 2. The van der Waals surface area contributed by atoms with Gasteiger partial charge < -0.3 is 59.4 Å². The van der Waals surface area contributed by atoms with Gasteiger partial charge in [-0.2, -0.15) is 5.06 Å². The van der Waals surface area contributed by atoms with Crippen LogP contribution >= 0.6 is 0 Å². The van der Waals surface area contributed by atoms with Gasteiger partial charge in [-0.1, -0.05) is 75.9 Å². The fourth-order valence-electron chi connectivity index (χ4n) is 9.98. The van der Waals surface area contributed by atoms with Crippen LogP contribution in [-0.4, -0.2) is 159 Å². The number of nitrogens with zero attached hydrogens (tertiary/aromatic N) is 2. The molecule has 5 heterocycles. The Morgan fingerprint density at radius 1 is 0.967 bits per heavy atom. The summed E-state index contributed by atoms with van der Waals surface area (Å²) in [7, 11) is 0. The Morgan fingerprint density at radius 3 is 2.37 bits per heavy atom. The molecule has 2 unspecified atom stereocenters. The molecule has 6 fully saturated rings. The van der Waals surface area contributed by atoms with Crippen LogP contribution in [0.3, 0.4) is 0 Å². The van der Waals surface area contributed by atoms with E-state index in [0.717, 1.165) is 49.7 Å². The molecule has 2 bridgehead atoms. The number of hydrogen-bond donors (Lipinski definition) is 6. The summed E-state index contributed by atoms with van der Waals surface area (Å²) in [4.78, 5) is 51.3. The van der Waals surface area contributed by atoms with Crippen LogP contribution in [-0.2, 0) is 49.5 Å². The molecule has 6 aliphatic rings. The number of aliphatic hydroxyl groups is 5. The zero-order valence-corrected chi connectivity index (χ0v) is 34.6. The molecular weight excluding hydrogens is 782 g/mol. The maximum absolute atomic E-state index is 15.3. The molecule has 5 aliphatic heterocycles. The van der Waals surface area contributed by atoms with Gasteiger partial charge in [-0.05, 0) is 36.8 Å². The number of unbranched alkanes of at least 4 members (excludes halogenated alkanes) is 4. The molecule has 1 saturated carbocycles. The first-order valence-electron chi connectivity index (χ1n) is 21.9. The van der Waals surface area contributed by atoms with Gasteiger partial charge in [-0.3, -0.25) is 19.2 Å². The number of carbonyl (C=O) groups is 3. The molecular formula is C43H63N3O14. The number of rotatable bonds is 19. The fourth-order valence-corrected chi connectivity index (χ4v) is 9.98. The zero-order valence-electron chi connectivity index (χ0n) is 34.6. The summed E-state index contributed by atoms with van der Waals surface area (Å²) in [6, 6.07) is 5.61. The van der Waals surface area contributed by atoms with E-state index >= 15 is 4.79 Å². The summed E-state index contributed by atoms with van der Waals surface area (Å²) in [6.07, 6.45) is 2.07. The van der Waals surface area contributed by atoms with Crippen LogP contribution in [0.1, 0.15) is 95.6 Å². The van der Waals surface area contributed by atoms with E-state index in [1.54, 1.807) is 22.1 Å². The van der Waals surface area contributed by atoms with Gasteiger partial charge in [0.25, 0.3) is 0 Å². The maximum Gasteiger partial charge on any atom is 0.327 e. The highest BCUT2D eigenvalue weighted by Crippen LogP contribution is 2.59. The number of aliphatic hydroxyl groups excluding tert-OH is 5. The smallest absolute Gasteiger partial charge is 0.327 e. The molecule has 6 N–H and O–H groups in total. The first kappa shape index (κ1) is 45.0. The van der Waals surface area contributed by atoms with E-state index in [9.17, 15) is 35.1 Å². The molecule has 5 saturated heterocycles. The van der Waals surface area contributed by atoms with Crippen LogP contribution in [0.5, 0.6) is 0 Å². The lowest BCUT2D eigenvalue weighted by Crippen LogP contribution is -2.70. The largest absolute Gasteiger partial charge is 0.458 e. The number of esters is 1. The molecule has 7 rings (SSSR count). The second-order valence-electron chi connectivity index (χ2n) is 17.1. The molecule has 17 nitrogen and oxygen atoms in total. The molecule has 0 aromatic heterocycles. The van der Waals surface area contributed by atoms with Crippen molar-refractivity contribution in [2.75, 3.05) is 32.9 Å². The van der Waals surface area contributed by atoms with Gasteiger partial charge in [-0.15, -0.1) is 0 Å². The number of nitrogens with one attached hydrogen (secondary N) is 1. The third kappa shape index (κ3) is 8.78. The normalized spacial score (nSPS) is 35.8. The zero-order chi connectivity index (χ0) is 42.6. The number of carbonyl (C=O) groups excluding carboxylic acids is 3. The van der Waals surface area contributed by atoms with E-state index in [2.05, 4.69) is 19.2 Å². The second-order valence-corrected chi connectivity index (χ2v) is 17.1. The van der Waals surface area contributed by atoms with Gasteiger partial charge in [-0.25, -0.2) is 0 Å². The number of hydrogen-bond acceptors (Lipinski definition) is 15. The summed E-state index contributed by atoms with van der Waals surface area (Å²) < 4.78 is 31.1. The van der Waals surface area contributed by atoms with E-state index in [0.29, 0.717) is 32.2 Å². The predicted octanol–water partition coefficient (Wildman–Crippen LogP) is 1.06. The van der Waals surface area contributed by atoms with Crippen LogP contribution in [0.4, 0.5) is 0 Å². The van der Waals surface area contributed by atoms with Gasteiger partial charge in [0.1, 0.15) is 60.3 Å². The average Bonchev–Trinajstić information content (AvgIpc) is 3.98. The predicted molar refractivity (Wildman–Crippen MR) is 212 cm³/mol. The van der Waals surface area contributed by atoms with Gasteiger partial charge in [0.2, 0.25) is 11.8 Å². The van der Waals surface area contributed by atoms with Crippen LogP contribution < -0.4 is 5.32 Å². The van der Waals surface area contributed by atoms with Crippen molar-refractivity contribution in [2.24, 2.45) is 5.41 Å². The molecule has 17 heteroatoms. The minimum atomic E-state index is -1.54. The monoisotopic (exact) mass is 845 g/mol. The average molecular weight is 846 g/mol. The highest BCUT2D eigenvalue weighted by molar-refractivity contribution is 5.96. The van der Waals surface area contributed by atoms with Gasteiger partial charge in [0.15, 0.2) is 18.1 Å². The summed E-state index contributed by atoms with van der Waals surface area (Å²) in [6.45, 7) is 4.04. The SMILES string of the molecule is CCCCCC1(CCCCC)O[C@@H]2[C@H]3ON(Cc4ccc(C=CCO[C@H]5O[C@H](CO)[C@H](O)[C@H](O)[C@H]5O)cc4)[C@H]4C(=O)OC(CC34C(=O)N3CCC[C@@H]3C(=O)NCCO)[C@@H]2O1. The fraction of sp³-hybridized carbons (Fsp3) is 0.744. The van der Waals surface area contributed by atoms with Crippen molar-refractivity contribution >= 4 is 23.9 Å². The Bertz CT molecular complexity index is 1650. The molecule has 0 spiro atoms. The minimum absolute atomic E-state index is 0.00174. The third-order valence-corrected chi connectivity index (χ3v) is 13.0. The van der Waals surface area contributed by atoms with Crippen molar-refractivity contribution in [3.05, 3.63) is 41.5 Å². The minimum Gasteiger partial charge on any atom is -0.458 e. The summed E-state index contributed by atoms with van der Waals surface area (Å²) in [5.74, 6) is -2.19. The van der Waals surface area contributed by atoms with Gasteiger partial charge >= 0.3 is 5.97 Å². The molecule has 60 heavy (non-hydrogen) atoms. The molecule has 1 aromatic rings. The Balaban J connectivity index is 1.12. The number of benzene rings is 1. The van der Waals surface area contributed by atoms with Crippen molar-refractivity contribution in [3.63, 3.8) is 0 Å². The van der Waals surface area contributed by atoms with Crippen LogP contribution in [0.15, 0.2) is 30.3 Å². The summed E-state index contributed by atoms with van der Waals surface area (Å²) in [5, 5.41) is 53.4. The van der Waals surface area contributed by atoms with Crippen LogP contribution in [0.25, 0.3) is 6.08 Å². The number of hydroxylamine groups is 2. The molecule has 1 aliphatic carbocycles. The van der Waals surface area contributed by atoms with E-state index < -0.39 is 91.0 Å². The Hall–Kier alpha value is -3.07. The molecule has 0 radical (unpaired) electrons. The number of likely N-dealkylation sites (tertiary alicyclic amines) is 1. The Kier molecular flexibility index (Phi) is 14.6. The van der Waals surface area contributed by atoms with Crippen molar-refractivity contribution in [1.82, 2.24) is 15.3 Å². The summed E-state index contributed by atoms with van der Waals surface area (Å²) in [5.41, 5.74) is 0.175. The van der Waals surface area contributed by atoms with E-state index in [-0.39, 0.29) is 44.5 Å². The standard InChI is InChI=1S/C43H63N3O14/c1-3-5-7-17-42(18-8-6-4-2)58-34-29-23-43(41(54)45-20-9-12-28(45)38(52)44-19-21-47)36(39(53)56-29)46(60-37(43)35(34)59-42)24-27-15-13-26(14-16-27)11-10-22-55-40-33(51)32(50)31(49)30(25-48)57-40/h10-11,13-16,28-37,40,47-51H,3-9,12,17-25H2,1-2H3,(H,44,52)/t28-,29?,30-,31+,32+,33-,34+,35+,36+,37-,40+,43?/m1/s1. The second kappa shape index (κ2) is 19.5. The van der Waals surface area contributed by atoms with E-state index in [1.165, 1.54) is 0 Å². The van der Waals surface area contributed by atoms with Crippen molar-refractivity contribution in [3.8, 4) is 0 Å². The number of ether oxygens (including phenoxy) is 5. The molecule has 12 atom stereocenters. The van der Waals surface area contributed by atoms with Gasteiger partial charge in [0, 0.05) is 32.4 Å². The van der Waals surface area contributed by atoms with Crippen LogP contribution in [0.2, 0.25) is 0 Å². The van der Waals surface area contributed by atoms with E-state index in [4.69, 9.17) is 28.5 Å². The molecule has 2 amide bonds. The van der Waals surface area contributed by atoms with Crippen molar-refractivity contribution < 1.29 is 68.4 Å². The third-order valence-electron chi connectivity index (χ3n) is 13.0.